The van der Waals surface area contributed by atoms with E-state index < -0.39 is 0 Å². The van der Waals surface area contributed by atoms with Crippen LogP contribution in [0.15, 0.2) is 158 Å². The third-order valence-corrected chi connectivity index (χ3v) is 11.8. The van der Waals surface area contributed by atoms with Crippen molar-refractivity contribution in [3.63, 3.8) is 0 Å². The van der Waals surface area contributed by atoms with Gasteiger partial charge in [-0.25, -0.2) is 4.85 Å². The number of para-hydroxylation sites is 2. The topological polar surface area (TPSA) is 14.2 Å². The molecule has 0 aliphatic rings. The lowest BCUT2D eigenvalue weighted by molar-refractivity contribution is 1.09. The minimum absolute atomic E-state index is 0.635. The second kappa shape index (κ2) is 13.3. The van der Waals surface area contributed by atoms with Gasteiger partial charge in [0.1, 0.15) is 0 Å². The van der Waals surface area contributed by atoms with Crippen LogP contribution in [0.3, 0.4) is 0 Å². The molecule has 10 rings (SSSR count). The van der Waals surface area contributed by atoms with Crippen LogP contribution in [0.1, 0.15) is 27.8 Å². The molecule has 3 nitrogen and oxygen atoms in total. The van der Waals surface area contributed by atoms with Crippen LogP contribution in [-0.2, 0) is 0 Å². The Bertz CT molecular complexity index is 3310. The molecule has 2 heterocycles. The molecule has 57 heavy (non-hydrogen) atoms. The largest absolute Gasteiger partial charge is 0.307 e. The van der Waals surface area contributed by atoms with E-state index in [1.807, 2.05) is 18.2 Å². The van der Waals surface area contributed by atoms with Crippen LogP contribution < -0.4 is 0 Å². The van der Waals surface area contributed by atoms with Gasteiger partial charge in [-0.05, 0) is 139 Å². The molecule has 0 amide bonds. The van der Waals surface area contributed by atoms with Crippen molar-refractivity contribution in [1.82, 2.24) is 9.13 Å². The first-order valence-electron chi connectivity index (χ1n) is 19.6. The first kappa shape index (κ1) is 34.3. The van der Waals surface area contributed by atoms with E-state index in [0.717, 1.165) is 50.1 Å². The number of rotatable bonds is 5. The highest BCUT2D eigenvalue weighted by Crippen LogP contribution is 2.43. The summed E-state index contributed by atoms with van der Waals surface area (Å²) < 4.78 is 4.92. The minimum Gasteiger partial charge on any atom is -0.307 e. The second-order valence-corrected chi connectivity index (χ2v) is 15.6. The molecule has 0 aliphatic carbocycles. The zero-order valence-electron chi connectivity index (χ0n) is 32.9. The van der Waals surface area contributed by atoms with Crippen molar-refractivity contribution < 1.29 is 0 Å². The van der Waals surface area contributed by atoms with Crippen LogP contribution in [0, 0.1) is 41.2 Å². The Morgan fingerprint density at radius 3 is 1.37 bits per heavy atom. The fourth-order valence-corrected chi connectivity index (χ4v) is 9.17. The molecule has 0 unspecified atom stereocenters. The van der Waals surface area contributed by atoms with Gasteiger partial charge in [-0.15, -0.1) is 0 Å². The Morgan fingerprint density at radius 2 is 0.842 bits per heavy atom. The maximum atomic E-state index is 7.79. The molecule has 0 fully saturated rings. The summed E-state index contributed by atoms with van der Waals surface area (Å²) in [7, 11) is 0. The number of benzene rings is 8. The van der Waals surface area contributed by atoms with E-state index in [-0.39, 0.29) is 0 Å². The number of nitrogens with zero attached hydrogens (tertiary/aromatic N) is 3. The van der Waals surface area contributed by atoms with Gasteiger partial charge >= 0.3 is 0 Å². The summed E-state index contributed by atoms with van der Waals surface area (Å²) in [5.74, 6) is 0. The number of aromatic nitrogens is 2. The summed E-state index contributed by atoms with van der Waals surface area (Å²) in [6, 6.07) is 57.6. The molecule has 272 valence electrons. The van der Waals surface area contributed by atoms with E-state index in [1.54, 1.807) is 0 Å². The van der Waals surface area contributed by atoms with Gasteiger partial charge in [-0.1, -0.05) is 114 Å². The Morgan fingerprint density at radius 1 is 0.368 bits per heavy atom. The summed E-state index contributed by atoms with van der Waals surface area (Å²) in [5, 5.41) is 4.87. The normalized spacial score (nSPS) is 11.6. The summed E-state index contributed by atoms with van der Waals surface area (Å²) in [4.78, 5) is 3.79. The molecule has 3 heteroatoms. The fraction of sp³-hybridized carbons (Fsp3) is 0.0926. The molecular formula is C54H41N3. The maximum Gasteiger partial charge on any atom is 0.187 e. The molecule has 2 aromatic heterocycles. The lowest BCUT2D eigenvalue weighted by Gasteiger charge is -2.20. The Kier molecular flexibility index (Phi) is 7.99. The highest BCUT2D eigenvalue weighted by atomic mass is 15.1. The van der Waals surface area contributed by atoms with Crippen LogP contribution >= 0.6 is 0 Å². The Hall–Kier alpha value is -7.15. The maximum absolute atomic E-state index is 7.79. The molecular weight excluding hydrogens is 691 g/mol. The lowest BCUT2D eigenvalue weighted by Crippen LogP contribution is -2.05. The van der Waals surface area contributed by atoms with Gasteiger partial charge < -0.3 is 9.13 Å². The Balaban J connectivity index is 1.30. The summed E-state index contributed by atoms with van der Waals surface area (Å²) in [6.45, 7) is 18.7. The van der Waals surface area contributed by atoms with Crippen molar-refractivity contribution in [2.45, 2.75) is 34.6 Å². The molecule has 0 saturated heterocycles. The molecule has 0 atom stereocenters. The van der Waals surface area contributed by atoms with Crippen molar-refractivity contribution in [3.8, 4) is 44.8 Å². The van der Waals surface area contributed by atoms with Gasteiger partial charge in [0.05, 0.1) is 40.0 Å². The van der Waals surface area contributed by atoms with Crippen molar-refractivity contribution in [3.05, 3.63) is 197 Å². The molecule has 0 N–H and O–H groups in total. The van der Waals surface area contributed by atoms with Gasteiger partial charge in [0.25, 0.3) is 0 Å². The van der Waals surface area contributed by atoms with E-state index in [4.69, 9.17) is 6.57 Å². The van der Waals surface area contributed by atoms with Crippen molar-refractivity contribution >= 4 is 49.3 Å². The van der Waals surface area contributed by atoms with Crippen LogP contribution in [-0.4, -0.2) is 9.13 Å². The van der Waals surface area contributed by atoms with Crippen LogP contribution in [0.2, 0.25) is 0 Å². The van der Waals surface area contributed by atoms with E-state index >= 15 is 0 Å². The summed E-state index contributed by atoms with van der Waals surface area (Å²) in [5.41, 5.74) is 20.7. The zero-order valence-corrected chi connectivity index (χ0v) is 32.9. The predicted molar refractivity (Wildman–Crippen MR) is 241 cm³/mol. The highest BCUT2D eigenvalue weighted by Gasteiger charge is 2.22. The monoisotopic (exact) mass is 731 g/mol. The molecule has 0 saturated carbocycles. The van der Waals surface area contributed by atoms with Gasteiger partial charge in [-0.2, -0.15) is 0 Å². The lowest BCUT2D eigenvalue weighted by atomic mass is 9.97. The van der Waals surface area contributed by atoms with Crippen LogP contribution in [0.5, 0.6) is 0 Å². The zero-order chi connectivity index (χ0) is 38.9. The average Bonchev–Trinajstić information content (AvgIpc) is 3.73. The third kappa shape index (κ3) is 5.56. The molecule has 10 aromatic rings. The number of aryl methyl sites for hydroxylation is 5. The standard InChI is InChI=1S/C54H41N3/c1-33-18-22-42(35(3)26-33)39-20-24-51-47(30-39)44-14-7-9-16-49(44)56(51)53-28-37(5)46(38-12-11-13-41(29-38)55-6)32-54(53)57-50-17-10-8-15-45(50)48-31-40(21-25-52(48)57)43-23-19-34(2)27-36(43)4/h7-32H,1-5H3. The number of hydrogen-bond donors (Lipinski definition) is 0. The van der Waals surface area contributed by atoms with Gasteiger partial charge in [0.15, 0.2) is 5.69 Å². The predicted octanol–water partition coefficient (Wildman–Crippen LogP) is 15.0. The Labute approximate surface area is 333 Å². The van der Waals surface area contributed by atoms with Crippen LogP contribution in [0.25, 0.3) is 93.2 Å². The smallest absolute Gasteiger partial charge is 0.187 e. The number of hydrogen-bond acceptors (Lipinski definition) is 0. The van der Waals surface area contributed by atoms with Crippen molar-refractivity contribution in [2.24, 2.45) is 0 Å². The van der Waals surface area contributed by atoms with Crippen molar-refractivity contribution in [1.29, 1.82) is 0 Å². The molecule has 0 spiro atoms. The van der Waals surface area contributed by atoms with E-state index in [1.165, 1.54) is 66.1 Å². The summed E-state index contributed by atoms with van der Waals surface area (Å²) >= 11 is 0. The first-order valence-corrected chi connectivity index (χ1v) is 19.6. The van der Waals surface area contributed by atoms with Gasteiger partial charge in [0, 0.05) is 21.5 Å². The van der Waals surface area contributed by atoms with Gasteiger partial charge in [-0.3, -0.25) is 0 Å². The molecule has 8 aromatic carbocycles. The second-order valence-electron chi connectivity index (χ2n) is 15.6. The van der Waals surface area contributed by atoms with E-state index in [2.05, 4.69) is 188 Å². The first-order chi connectivity index (χ1) is 27.8. The highest BCUT2D eigenvalue weighted by molar-refractivity contribution is 6.13. The van der Waals surface area contributed by atoms with E-state index in [9.17, 15) is 0 Å². The SMILES string of the molecule is [C-]#[N+]c1cccc(-c2cc(-n3c4ccccc4c4cc(-c5ccc(C)cc5C)ccc43)c(-n3c4ccccc4c4cc(-c5ccc(C)cc5C)ccc43)cc2C)c1. The molecule has 0 aliphatic heterocycles. The average molecular weight is 732 g/mol. The van der Waals surface area contributed by atoms with Crippen molar-refractivity contribution in [2.75, 3.05) is 0 Å². The third-order valence-electron chi connectivity index (χ3n) is 11.8. The number of fused-ring (bicyclic) bond motifs is 6. The molecule has 0 bridgehead atoms. The van der Waals surface area contributed by atoms with Crippen LogP contribution in [0.4, 0.5) is 5.69 Å². The summed E-state index contributed by atoms with van der Waals surface area (Å²) in [6.07, 6.45) is 0. The fourth-order valence-electron chi connectivity index (χ4n) is 9.17. The quantitative estimate of drug-likeness (QED) is 0.157. The van der Waals surface area contributed by atoms with E-state index in [0.29, 0.717) is 5.69 Å². The molecule has 0 radical (unpaired) electrons. The van der Waals surface area contributed by atoms with Gasteiger partial charge in [0.2, 0.25) is 0 Å². The minimum atomic E-state index is 0.635.